The highest BCUT2D eigenvalue weighted by Gasteiger charge is 2.44. The van der Waals surface area contributed by atoms with Gasteiger partial charge in [-0.05, 0) is 42.9 Å². The number of amides is 3. The zero-order valence-electron chi connectivity index (χ0n) is 16.0. The number of carbonyl (C=O) groups is 3. The van der Waals surface area contributed by atoms with Gasteiger partial charge in [0, 0.05) is 50.2 Å². The lowest BCUT2D eigenvalue weighted by molar-refractivity contribution is -0.136. The maximum atomic E-state index is 13.0. The van der Waals surface area contributed by atoms with Crippen LogP contribution in [0.15, 0.2) is 18.2 Å². The van der Waals surface area contributed by atoms with E-state index in [4.69, 9.17) is 0 Å². The van der Waals surface area contributed by atoms with Crippen LogP contribution in [0.25, 0.3) is 0 Å². The second-order valence-corrected chi connectivity index (χ2v) is 8.57. The van der Waals surface area contributed by atoms with Crippen molar-refractivity contribution in [3.63, 3.8) is 0 Å². The van der Waals surface area contributed by atoms with Gasteiger partial charge in [0.25, 0.3) is 5.91 Å². The fourth-order valence-electron chi connectivity index (χ4n) is 5.13. The second kappa shape index (κ2) is 6.67. The van der Waals surface area contributed by atoms with Crippen molar-refractivity contribution in [3.05, 3.63) is 34.9 Å². The molecule has 3 heterocycles. The molecule has 3 amide bonds. The van der Waals surface area contributed by atoms with E-state index in [0.29, 0.717) is 24.1 Å². The third-order valence-corrected chi connectivity index (χ3v) is 6.93. The third kappa shape index (κ3) is 2.84. The molecule has 1 aromatic carbocycles. The second-order valence-electron chi connectivity index (χ2n) is 8.57. The Morgan fingerprint density at radius 1 is 1.18 bits per heavy atom. The number of nitrogens with zero attached hydrogens (tertiary/aromatic N) is 2. The van der Waals surface area contributed by atoms with Crippen LogP contribution in [0.4, 0.5) is 0 Å². The summed E-state index contributed by atoms with van der Waals surface area (Å²) in [6.45, 7) is 4.40. The van der Waals surface area contributed by atoms with Crippen molar-refractivity contribution in [1.29, 1.82) is 0 Å². The van der Waals surface area contributed by atoms with Crippen molar-refractivity contribution >= 4 is 17.7 Å². The highest BCUT2D eigenvalue weighted by molar-refractivity contribution is 6.05. The summed E-state index contributed by atoms with van der Waals surface area (Å²) < 4.78 is 0. The first-order valence-corrected chi connectivity index (χ1v) is 10.3. The van der Waals surface area contributed by atoms with Crippen molar-refractivity contribution < 1.29 is 14.4 Å². The van der Waals surface area contributed by atoms with Crippen molar-refractivity contribution in [1.82, 2.24) is 20.4 Å². The summed E-state index contributed by atoms with van der Waals surface area (Å²) in [7, 11) is 0. The Labute approximate surface area is 164 Å². The molecule has 28 heavy (non-hydrogen) atoms. The van der Waals surface area contributed by atoms with E-state index in [-0.39, 0.29) is 24.1 Å². The third-order valence-electron chi connectivity index (χ3n) is 6.93. The molecule has 1 spiro atoms. The van der Waals surface area contributed by atoms with Crippen LogP contribution in [-0.2, 0) is 22.7 Å². The molecule has 5 rings (SSSR count). The summed E-state index contributed by atoms with van der Waals surface area (Å²) >= 11 is 0. The van der Waals surface area contributed by atoms with Crippen molar-refractivity contribution in [2.75, 3.05) is 19.6 Å². The summed E-state index contributed by atoms with van der Waals surface area (Å²) in [5.41, 5.74) is 3.13. The number of hydrogen-bond acceptors (Lipinski definition) is 5. The molecule has 1 aliphatic carbocycles. The zero-order valence-corrected chi connectivity index (χ0v) is 16.0. The molecule has 7 nitrogen and oxygen atoms in total. The standard InChI is InChI=1S/C21H26N4O3/c26-18-5-4-17(19(27)23-18)25-12-15-3-2-14(10-16(15)20(25)28)11-24-9-8-22-13-21(24)6-1-7-21/h2-3,10,17,22H,1,4-9,11-13H2,(H,23,26,27). The highest BCUT2D eigenvalue weighted by atomic mass is 16.2. The Morgan fingerprint density at radius 3 is 2.79 bits per heavy atom. The Hall–Kier alpha value is -2.25. The molecule has 3 aliphatic heterocycles. The molecule has 3 fully saturated rings. The van der Waals surface area contributed by atoms with Crippen LogP contribution >= 0.6 is 0 Å². The lowest BCUT2D eigenvalue weighted by Crippen LogP contribution is -2.64. The molecule has 7 heteroatoms. The van der Waals surface area contributed by atoms with E-state index in [1.807, 2.05) is 12.1 Å². The normalized spacial score (nSPS) is 26.9. The fraction of sp³-hybridized carbons (Fsp3) is 0.571. The van der Waals surface area contributed by atoms with Gasteiger partial charge in [-0.15, -0.1) is 0 Å². The molecule has 4 aliphatic rings. The minimum atomic E-state index is -0.549. The predicted molar refractivity (Wildman–Crippen MR) is 102 cm³/mol. The van der Waals surface area contributed by atoms with Gasteiger partial charge in [0.2, 0.25) is 11.8 Å². The Balaban J connectivity index is 1.33. The molecule has 2 saturated heterocycles. The van der Waals surface area contributed by atoms with Crippen molar-refractivity contribution in [3.8, 4) is 0 Å². The minimum absolute atomic E-state index is 0.0926. The van der Waals surface area contributed by atoms with E-state index in [2.05, 4.69) is 21.6 Å². The average Bonchev–Trinajstić information content (AvgIpc) is 2.97. The molecular weight excluding hydrogens is 356 g/mol. The highest BCUT2D eigenvalue weighted by Crippen LogP contribution is 2.39. The monoisotopic (exact) mass is 382 g/mol. The molecule has 0 bridgehead atoms. The number of nitrogens with one attached hydrogen (secondary N) is 2. The van der Waals surface area contributed by atoms with E-state index < -0.39 is 6.04 Å². The Morgan fingerprint density at radius 2 is 2.04 bits per heavy atom. The van der Waals surface area contributed by atoms with Gasteiger partial charge >= 0.3 is 0 Å². The number of piperazine rings is 1. The quantitative estimate of drug-likeness (QED) is 0.755. The van der Waals surface area contributed by atoms with E-state index in [9.17, 15) is 14.4 Å². The van der Waals surface area contributed by atoms with Gasteiger partial charge in [-0.3, -0.25) is 24.6 Å². The molecule has 1 unspecified atom stereocenters. The summed E-state index contributed by atoms with van der Waals surface area (Å²) in [5.74, 6) is -0.705. The number of fused-ring (bicyclic) bond motifs is 1. The molecule has 1 atom stereocenters. The summed E-state index contributed by atoms with van der Waals surface area (Å²) in [6.07, 6.45) is 4.47. The molecule has 1 aromatic rings. The number of piperidine rings is 1. The maximum Gasteiger partial charge on any atom is 0.255 e. The number of benzene rings is 1. The number of imide groups is 1. The molecule has 0 aromatic heterocycles. The van der Waals surface area contributed by atoms with Crippen LogP contribution in [0, 0.1) is 0 Å². The zero-order chi connectivity index (χ0) is 19.3. The smallest absolute Gasteiger partial charge is 0.255 e. The van der Waals surface area contributed by atoms with Gasteiger partial charge < -0.3 is 10.2 Å². The lowest BCUT2D eigenvalue weighted by Gasteiger charge is -2.53. The summed E-state index contributed by atoms with van der Waals surface area (Å²) in [5, 5.41) is 5.88. The average molecular weight is 382 g/mol. The van der Waals surface area contributed by atoms with Crippen LogP contribution in [0.3, 0.4) is 0 Å². The van der Waals surface area contributed by atoms with E-state index in [0.717, 1.165) is 37.3 Å². The van der Waals surface area contributed by atoms with Crippen LogP contribution in [0.5, 0.6) is 0 Å². The SMILES string of the molecule is O=C1CCC(N2Cc3ccc(CN4CCNCC45CCC5)cc3C2=O)C(=O)N1. The summed E-state index contributed by atoms with van der Waals surface area (Å²) in [6, 6.07) is 5.61. The first kappa shape index (κ1) is 17.8. The largest absolute Gasteiger partial charge is 0.322 e. The van der Waals surface area contributed by atoms with Crippen molar-refractivity contribution in [2.24, 2.45) is 0 Å². The molecule has 1 saturated carbocycles. The first-order chi connectivity index (χ1) is 13.6. The maximum absolute atomic E-state index is 13.0. The van der Waals surface area contributed by atoms with Gasteiger partial charge in [0.15, 0.2) is 0 Å². The topological polar surface area (TPSA) is 81.8 Å². The van der Waals surface area contributed by atoms with Gasteiger partial charge in [0.05, 0.1) is 0 Å². The Bertz CT molecular complexity index is 848. The van der Waals surface area contributed by atoms with Crippen LogP contribution < -0.4 is 10.6 Å². The summed E-state index contributed by atoms with van der Waals surface area (Å²) in [4.78, 5) is 40.8. The minimum Gasteiger partial charge on any atom is -0.322 e. The number of hydrogen-bond donors (Lipinski definition) is 2. The molecule has 148 valence electrons. The van der Waals surface area contributed by atoms with Crippen LogP contribution in [0.1, 0.15) is 53.6 Å². The van der Waals surface area contributed by atoms with Crippen molar-refractivity contribution in [2.45, 2.75) is 56.8 Å². The van der Waals surface area contributed by atoms with Crippen LogP contribution in [0.2, 0.25) is 0 Å². The Kier molecular flexibility index (Phi) is 4.25. The molecule has 2 N–H and O–H groups in total. The van der Waals surface area contributed by atoms with Crippen LogP contribution in [-0.4, -0.2) is 58.7 Å². The first-order valence-electron chi connectivity index (χ1n) is 10.3. The lowest BCUT2D eigenvalue weighted by atomic mass is 9.74. The van der Waals surface area contributed by atoms with Gasteiger partial charge in [-0.1, -0.05) is 12.1 Å². The fourth-order valence-corrected chi connectivity index (χ4v) is 5.13. The molecular formula is C21H26N4O3. The van der Waals surface area contributed by atoms with E-state index in [1.54, 1.807) is 4.90 Å². The van der Waals surface area contributed by atoms with E-state index in [1.165, 1.54) is 19.3 Å². The van der Waals surface area contributed by atoms with Gasteiger partial charge in [-0.25, -0.2) is 0 Å². The van der Waals surface area contributed by atoms with E-state index >= 15 is 0 Å². The predicted octanol–water partition coefficient (Wildman–Crippen LogP) is 0.776. The van der Waals surface area contributed by atoms with Gasteiger partial charge in [-0.2, -0.15) is 0 Å². The number of rotatable bonds is 3. The number of carbonyl (C=O) groups excluding carboxylic acids is 3. The molecule has 0 radical (unpaired) electrons. The van der Waals surface area contributed by atoms with Gasteiger partial charge in [0.1, 0.15) is 6.04 Å².